The molecule has 14 nitrogen and oxygen atoms in total. The van der Waals surface area contributed by atoms with Crippen molar-refractivity contribution in [2.45, 2.75) is 0 Å². The highest BCUT2D eigenvalue weighted by molar-refractivity contribution is 7.79. The molecule has 0 saturated carbocycles. The molecule has 1 aromatic rings. The summed E-state index contributed by atoms with van der Waals surface area (Å²) in [5, 5.41) is 40.2. The van der Waals surface area contributed by atoms with Gasteiger partial charge in [-0.3, -0.25) is 39.4 Å². The first-order chi connectivity index (χ1) is 9.34. The normalized spacial score (nSPS) is 10.2. The Bertz CT molecular complexity index is 653. The molecule has 0 amide bonds. The van der Waals surface area contributed by atoms with Gasteiger partial charge in [0.1, 0.15) is 0 Å². The molecular formula is C6H5N3O11S. The molecule has 0 aliphatic rings. The van der Waals surface area contributed by atoms with Crippen LogP contribution in [-0.4, -0.2) is 37.4 Å². The van der Waals surface area contributed by atoms with E-state index >= 15 is 0 Å². The van der Waals surface area contributed by atoms with E-state index in [-0.39, 0.29) is 0 Å². The molecule has 0 unspecified atom stereocenters. The first-order valence-corrected chi connectivity index (χ1v) is 5.74. The number of aromatic hydroxyl groups is 1. The maximum absolute atomic E-state index is 10.4. The number of phenols is 1. The lowest BCUT2D eigenvalue weighted by molar-refractivity contribution is -0.404. The van der Waals surface area contributed by atoms with Crippen molar-refractivity contribution >= 4 is 27.5 Å². The Balaban J connectivity index is 0.000000690. The molecule has 3 N–H and O–H groups in total. The fraction of sp³-hybridized carbons (Fsp3) is 0. The van der Waals surface area contributed by atoms with Gasteiger partial charge in [-0.1, -0.05) is 0 Å². The number of hydrogen-bond acceptors (Lipinski definition) is 9. The number of nitrogens with zero attached hydrogens (tertiary/aromatic N) is 3. The molecule has 0 aliphatic heterocycles. The molecule has 0 atom stereocenters. The molecule has 0 radical (unpaired) electrons. The minimum atomic E-state index is -4.67. The molecule has 0 saturated heterocycles. The molecule has 0 fully saturated rings. The highest BCUT2D eigenvalue weighted by Gasteiger charge is 2.30. The first kappa shape index (κ1) is 18.1. The van der Waals surface area contributed by atoms with Crippen LogP contribution < -0.4 is 0 Å². The van der Waals surface area contributed by atoms with Crippen LogP contribution in [0.5, 0.6) is 5.75 Å². The van der Waals surface area contributed by atoms with Crippen molar-refractivity contribution in [2.75, 3.05) is 0 Å². The molecule has 0 bridgehead atoms. The predicted molar refractivity (Wildman–Crippen MR) is 62.2 cm³/mol. The van der Waals surface area contributed by atoms with Crippen LogP contribution in [0.1, 0.15) is 0 Å². The first-order valence-electron chi connectivity index (χ1n) is 4.34. The Kier molecular flexibility index (Phi) is 5.60. The van der Waals surface area contributed by atoms with Gasteiger partial charge in [0, 0.05) is 0 Å². The molecule has 1 rings (SSSR count). The zero-order valence-corrected chi connectivity index (χ0v) is 10.3. The Morgan fingerprint density at radius 1 is 0.857 bits per heavy atom. The van der Waals surface area contributed by atoms with Crippen molar-refractivity contribution < 1.29 is 37.4 Å². The largest absolute Gasteiger partial charge is 0.497 e. The number of benzene rings is 1. The summed E-state index contributed by atoms with van der Waals surface area (Å²) in [6.07, 6.45) is 0. The van der Waals surface area contributed by atoms with Gasteiger partial charge in [0.2, 0.25) is 0 Å². The van der Waals surface area contributed by atoms with Crippen LogP contribution in [-0.2, 0) is 10.4 Å². The number of hydrogen-bond donors (Lipinski definition) is 3. The maximum Gasteiger partial charge on any atom is 0.394 e. The number of non-ortho nitro benzene ring substituents is 1. The second-order valence-corrected chi connectivity index (χ2v) is 3.95. The summed E-state index contributed by atoms with van der Waals surface area (Å²) in [7, 11) is -4.67. The van der Waals surface area contributed by atoms with E-state index in [1.54, 1.807) is 0 Å². The van der Waals surface area contributed by atoms with Gasteiger partial charge in [0.15, 0.2) is 0 Å². The zero-order valence-electron chi connectivity index (χ0n) is 9.51. The SMILES string of the molecule is O=S(=O)(O)O.O=[N+]([O-])c1cc([N+](=O)[O-])c(O)c([N+](=O)[O-])c1. The fourth-order valence-corrected chi connectivity index (χ4v) is 0.974. The Morgan fingerprint density at radius 3 is 1.33 bits per heavy atom. The van der Waals surface area contributed by atoms with Gasteiger partial charge in [-0.2, -0.15) is 8.42 Å². The fourth-order valence-electron chi connectivity index (χ4n) is 0.974. The molecule has 0 spiro atoms. The minimum absolute atomic E-state index is 0.447. The van der Waals surface area contributed by atoms with E-state index in [0.717, 1.165) is 0 Å². The van der Waals surface area contributed by atoms with Crippen molar-refractivity contribution in [1.82, 2.24) is 0 Å². The summed E-state index contributed by atoms with van der Waals surface area (Å²) < 4.78 is 31.6. The van der Waals surface area contributed by atoms with Gasteiger partial charge in [-0.25, -0.2) is 0 Å². The second-order valence-electron chi connectivity index (χ2n) is 3.05. The molecule has 0 aliphatic carbocycles. The average molecular weight is 327 g/mol. The average Bonchev–Trinajstić information content (AvgIpc) is 2.25. The van der Waals surface area contributed by atoms with E-state index in [1.165, 1.54) is 0 Å². The van der Waals surface area contributed by atoms with Crippen LogP contribution in [0.2, 0.25) is 0 Å². The number of nitro groups is 3. The molecule has 116 valence electrons. The molecule has 0 aromatic heterocycles. The van der Waals surface area contributed by atoms with E-state index in [0.29, 0.717) is 12.1 Å². The van der Waals surface area contributed by atoms with Crippen LogP contribution >= 0.6 is 0 Å². The lowest BCUT2D eigenvalue weighted by Gasteiger charge is -1.97. The highest BCUT2D eigenvalue weighted by Crippen LogP contribution is 2.38. The van der Waals surface area contributed by atoms with Gasteiger partial charge < -0.3 is 5.11 Å². The summed E-state index contributed by atoms with van der Waals surface area (Å²) in [5.41, 5.74) is -3.00. The van der Waals surface area contributed by atoms with Gasteiger partial charge in [-0.05, 0) is 0 Å². The third kappa shape index (κ3) is 6.18. The Morgan fingerprint density at radius 2 is 1.14 bits per heavy atom. The van der Waals surface area contributed by atoms with Gasteiger partial charge in [-0.15, -0.1) is 0 Å². The lowest BCUT2D eigenvalue weighted by atomic mass is 10.2. The number of phenolic OH excluding ortho intramolecular Hbond substituents is 1. The van der Waals surface area contributed by atoms with Crippen molar-refractivity contribution in [3.05, 3.63) is 42.5 Å². The summed E-state index contributed by atoms with van der Waals surface area (Å²) in [6, 6.07) is 0.894. The summed E-state index contributed by atoms with van der Waals surface area (Å²) >= 11 is 0. The molecule has 0 heterocycles. The number of nitro benzene ring substituents is 3. The van der Waals surface area contributed by atoms with Gasteiger partial charge in [0.25, 0.3) is 11.4 Å². The van der Waals surface area contributed by atoms with E-state index in [4.69, 9.17) is 22.6 Å². The van der Waals surface area contributed by atoms with Crippen LogP contribution in [0.4, 0.5) is 17.1 Å². The Hall–Kier alpha value is -2.91. The van der Waals surface area contributed by atoms with Crippen molar-refractivity contribution in [2.24, 2.45) is 0 Å². The van der Waals surface area contributed by atoms with Crippen molar-refractivity contribution in [3.63, 3.8) is 0 Å². The van der Waals surface area contributed by atoms with E-state index in [9.17, 15) is 30.3 Å². The van der Waals surface area contributed by atoms with E-state index in [1.807, 2.05) is 0 Å². The van der Waals surface area contributed by atoms with E-state index < -0.39 is 48.0 Å². The van der Waals surface area contributed by atoms with Crippen LogP contribution in [0.25, 0.3) is 0 Å². The van der Waals surface area contributed by atoms with Crippen LogP contribution in [0, 0.1) is 30.3 Å². The summed E-state index contributed by atoms with van der Waals surface area (Å²) in [6.45, 7) is 0. The summed E-state index contributed by atoms with van der Waals surface area (Å²) in [5.74, 6) is -1.21. The monoisotopic (exact) mass is 327 g/mol. The number of rotatable bonds is 3. The standard InChI is InChI=1S/C6H3N3O7.H2O4S/c10-6-4(8(13)14)1-3(7(11)12)2-5(6)9(15)16;1-5(2,3)4/h1-2,10H;(H2,1,2,3,4). The van der Waals surface area contributed by atoms with Gasteiger partial charge >= 0.3 is 21.8 Å². The minimum Gasteiger partial charge on any atom is -0.497 e. The molecule has 21 heavy (non-hydrogen) atoms. The molecular weight excluding hydrogens is 322 g/mol. The van der Waals surface area contributed by atoms with Crippen LogP contribution in [0.3, 0.4) is 0 Å². The lowest BCUT2D eigenvalue weighted by Crippen LogP contribution is -1.97. The molecule has 1 aromatic carbocycles. The molecule has 15 heteroatoms. The van der Waals surface area contributed by atoms with Crippen LogP contribution in [0.15, 0.2) is 12.1 Å². The highest BCUT2D eigenvalue weighted by atomic mass is 32.3. The third-order valence-corrected chi connectivity index (χ3v) is 1.66. The third-order valence-electron chi connectivity index (χ3n) is 1.66. The van der Waals surface area contributed by atoms with Crippen molar-refractivity contribution in [3.8, 4) is 5.75 Å². The van der Waals surface area contributed by atoms with Gasteiger partial charge in [0.05, 0.1) is 26.9 Å². The topological polar surface area (TPSA) is 224 Å². The quantitative estimate of drug-likeness (QED) is 0.392. The van der Waals surface area contributed by atoms with E-state index in [2.05, 4.69) is 0 Å². The predicted octanol–water partition coefficient (Wildman–Crippen LogP) is 0.464. The Labute approximate surface area is 114 Å². The smallest absolute Gasteiger partial charge is 0.394 e. The maximum atomic E-state index is 10.4. The summed E-state index contributed by atoms with van der Waals surface area (Å²) in [4.78, 5) is 27.8. The van der Waals surface area contributed by atoms with Crippen molar-refractivity contribution in [1.29, 1.82) is 0 Å². The second kappa shape index (κ2) is 6.50. The zero-order chi connectivity index (χ0) is 17.0.